The minimum Gasteiger partial charge on any atom is -0.493 e. The molecular formula is C22H24N2O4. The number of hydrogen-bond donors (Lipinski definition) is 0. The highest BCUT2D eigenvalue weighted by Gasteiger charge is 2.22. The molecule has 0 unspecified atom stereocenters. The summed E-state index contributed by atoms with van der Waals surface area (Å²) >= 11 is 0. The summed E-state index contributed by atoms with van der Waals surface area (Å²) in [4.78, 5) is 24.4. The zero-order valence-electron chi connectivity index (χ0n) is 16.1. The number of carbonyl (C=O) groups is 2. The molecule has 0 saturated carbocycles. The summed E-state index contributed by atoms with van der Waals surface area (Å²) in [5, 5.41) is 5.71. The first kappa shape index (κ1) is 19.6. The summed E-state index contributed by atoms with van der Waals surface area (Å²) in [7, 11) is 0. The molecule has 1 amide bonds. The number of benzene rings is 2. The summed E-state index contributed by atoms with van der Waals surface area (Å²) in [5.41, 5.74) is 2.23. The second-order valence-corrected chi connectivity index (χ2v) is 6.98. The first-order chi connectivity index (χ1) is 13.5. The summed E-state index contributed by atoms with van der Waals surface area (Å²) < 4.78 is 10.7. The molecule has 0 aliphatic carbocycles. The lowest BCUT2D eigenvalue weighted by Gasteiger charge is -2.12. The minimum absolute atomic E-state index is 0.337. The number of carbonyl (C=O) groups excluding carboxylic acids is 2. The maximum Gasteiger partial charge on any atom is 0.338 e. The molecule has 146 valence electrons. The van der Waals surface area contributed by atoms with Crippen molar-refractivity contribution in [2.75, 3.05) is 19.8 Å². The molecule has 1 heterocycles. The van der Waals surface area contributed by atoms with Crippen LogP contribution < -0.4 is 4.74 Å². The Balaban J connectivity index is 1.50. The quantitative estimate of drug-likeness (QED) is 0.690. The number of nitrogens with zero attached hydrogens (tertiary/aromatic N) is 2. The molecule has 0 saturated heterocycles. The van der Waals surface area contributed by atoms with Crippen molar-refractivity contribution in [2.45, 2.75) is 20.3 Å². The fourth-order valence-electron chi connectivity index (χ4n) is 2.71. The van der Waals surface area contributed by atoms with Gasteiger partial charge in [-0.3, -0.25) is 4.79 Å². The van der Waals surface area contributed by atoms with E-state index < -0.39 is 5.97 Å². The molecule has 0 fully saturated rings. The third kappa shape index (κ3) is 5.19. The second-order valence-electron chi connectivity index (χ2n) is 6.98. The SMILES string of the molecule is CC(C)COc1ccc(C(=O)OCC(=O)N2CCC(c3ccccc3)=N2)cc1. The lowest BCUT2D eigenvalue weighted by Crippen LogP contribution is -2.28. The van der Waals surface area contributed by atoms with E-state index in [0.29, 0.717) is 36.8 Å². The number of ether oxygens (including phenoxy) is 2. The predicted octanol–water partition coefficient (Wildman–Crippen LogP) is 3.51. The molecule has 0 radical (unpaired) electrons. The van der Waals surface area contributed by atoms with E-state index in [2.05, 4.69) is 18.9 Å². The van der Waals surface area contributed by atoms with Gasteiger partial charge in [0, 0.05) is 6.42 Å². The van der Waals surface area contributed by atoms with E-state index in [1.807, 2.05) is 30.3 Å². The minimum atomic E-state index is -0.546. The number of rotatable bonds is 7. The van der Waals surface area contributed by atoms with E-state index in [0.717, 1.165) is 11.3 Å². The Kier molecular flexibility index (Phi) is 6.42. The van der Waals surface area contributed by atoms with Crippen LogP contribution in [0.2, 0.25) is 0 Å². The maximum absolute atomic E-state index is 12.3. The molecule has 6 heteroatoms. The number of amides is 1. The van der Waals surface area contributed by atoms with Gasteiger partial charge in [0.15, 0.2) is 6.61 Å². The monoisotopic (exact) mass is 380 g/mol. The van der Waals surface area contributed by atoms with Crippen LogP contribution in [0.15, 0.2) is 59.7 Å². The van der Waals surface area contributed by atoms with Crippen molar-refractivity contribution in [3.05, 3.63) is 65.7 Å². The Morgan fingerprint density at radius 1 is 1.07 bits per heavy atom. The van der Waals surface area contributed by atoms with E-state index in [1.54, 1.807) is 24.3 Å². The Hall–Kier alpha value is -3.15. The van der Waals surface area contributed by atoms with E-state index >= 15 is 0 Å². The molecule has 2 aromatic rings. The first-order valence-electron chi connectivity index (χ1n) is 9.36. The van der Waals surface area contributed by atoms with Crippen molar-refractivity contribution in [1.29, 1.82) is 0 Å². The first-order valence-corrected chi connectivity index (χ1v) is 9.36. The topological polar surface area (TPSA) is 68.2 Å². The maximum atomic E-state index is 12.3. The van der Waals surface area contributed by atoms with Gasteiger partial charge in [-0.05, 0) is 35.7 Å². The fraction of sp³-hybridized carbons (Fsp3) is 0.318. The van der Waals surface area contributed by atoms with Crippen LogP contribution >= 0.6 is 0 Å². The van der Waals surface area contributed by atoms with Gasteiger partial charge in [0.05, 0.1) is 24.4 Å². The van der Waals surface area contributed by atoms with Crippen LogP contribution in [0.5, 0.6) is 5.75 Å². The lowest BCUT2D eigenvalue weighted by molar-refractivity contribution is -0.134. The third-order valence-corrected chi connectivity index (χ3v) is 4.20. The van der Waals surface area contributed by atoms with Crippen LogP contribution in [-0.2, 0) is 9.53 Å². The molecule has 6 nitrogen and oxygen atoms in total. The molecule has 28 heavy (non-hydrogen) atoms. The van der Waals surface area contributed by atoms with Crippen molar-refractivity contribution in [3.8, 4) is 5.75 Å². The van der Waals surface area contributed by atoms with E-state index in [1.165, 1.54) is 5.01 Å². The summed E-state index contributed by atoms with van der Waals surface area (Å²) in [6.07, 6.45) is 0.682. The smallest absolute Gasteiger partial charge is 0.338 e. The molecule has 0 N–H and O–H groups in total. The lowest BCUT2D eigenvalue weighted by atomic mass is 10.1. The predicted molar refractivity (Wildman–Crippen MR) is 106 cm³/mol. The molecule has 0 spiro atoms. The van der Waals surface area contributed by atoms with Gasteiger partial charge in [0.1, 0.15) is 5.75 Å². The zero-order chi connectivity index (χ0) is 19.9. The van der Waals surface area contributed by atoms with E-state index in [9.17, 15) is 9.59 Å². The van der Waals surface area contributed by atoms with Crippen LogP contribution in [0, 0.1) is 5.92 Å². The van der Waals surface area contributed by atoms with Crippen LogP contribution in [0.1, 0.15) is 36.2 Å². The Labute approximate surface area is 164 Å². The standard InChI is InChI=1S/C22H24N2O4/c1-16(2)14-27-19-10-8-18(9-11-19)22(26)28-15-21(25)24-13-12-20(23-24)17-6-4-3-5-7-17/h3-11,16H,12-15H2,1-2H3. The summed E-state index contributed by atoms with van der Waals surface area (Å²) in [6, 6.07) is 16.4. The van der Waals surface area contributed by atoms with E-state index in [-0.39, 0.29) is 12.5 Å². The van der Waals surface area contributed by atoms with Crippen LogP contribution in [0.25, 0.3) is 0 Å². The van der Waals surface area contributed by atoms with Crippen molar-refractivity contribution in [1.82, 2.24) is 5.01 Å². The van der Waals surface area contributed by atoms with Crippen molar-refractivity contribution in [3.63, 3.8) is 0 Å². The van der Waals surface area contributed by atoms with Gasteiger partial charge in [0.25, 0.3) is 5.91 Å². The second kappa shape index (κ2) is 9.17. The van der Waals surface area contributed by atoms with Gasteiger partial charge in [-0.25, -0.2) is 9.80 Å². The normalized spacial score (nSPS) is 13.4. The molecule has 0 atom stereocenters. The van der Waals surface area contributed by atoms with Crippen molar-refractivity contribution in [2.24, 2.45) is 11.0 Å². The van der Waals surface area contributed by atoms with Crippen molar-refractivity contribution < 1.29 is 19.1 Å². The third-order valence-electron chi connectivity index (χ3n) is 4.20. The van der Waals surface area contributed by atoms with Crippen LogP contribution in [0.3, 0.4) is 0 Å². The van der Waals surface area contributed by atoms with Gasteiger partial charge < -0.3 is 9.47 Å². The molecule has 1 aliphatic heterocycles. The molecular weight excluding hydrogens is 356 g/mol. The van der Waals surface area contributed by atoms with Gasteiger partial charge in [0.2, 0.25) is 0 Å². The average molecular weight is 380 g/mol. The van der Waals surface area contributed by atoms with Gasteiger partial charge in [-0.1, -0.05) is 44.2 Å². The Morgan fingerprint density at radius 3 is 2.46 bits per heavy atom. The van der Waals surface area contributed by atoms with E-state index in [4.69, 9.17) is 9.47 Å². The van der Waals surface area contributed by atoms with Gasteiger partial charge in [-0.2, -0.15) is 5.10 Å². The molecule has 1 aliphatic rings. The highest BCUT2D eigenvalue weighted by atomic mass is 16.5. The van der Waals surface area contributed by atoms with Crippen LogP contribution in [0.4, 0.5) is 0 Å². The highest BCUT2D eigenvalue weighted by Crippen LogP contribution is 2.15. The molecule has 0 aromatic heterocycles. The van der Waals surface area contributed by atoms with Crippen LogP contribution in [-0.4, -0.2) is 42.4 Å². The number of esters is 1. The largest absolute Gasteiger partial charge is 0.493 e. The molecule has 3 rings (SSSR count). The zero-order valence-corrected chi connectivity index (χ0v) is 16.1. The molecule has 2 aromatic carbocycles. The van der Waals surface area contributed by atoms with Crippen molar-refractivity contribution >= 4 is 17.6 Å². The van der Waals surface area contributed by atoms with Gasteiger partial charge >= 0.3 is 5.97 Å². The molecule has 0 bridgehead atoms. The number of hydrogen-bond acceptors (Lipinski definition) is 5. The fourth-order valence-corrected chi connectivity index (χ4v) is 2.71. The highest BCUT2D eigenvalue weighted by molar-refractivity contribution is 6.02. The average Bonchev–Trinajstić information content (AvgIpc) is 3.21. The number of hydrazone groups is 1. The summed E-state index contributed by atoms with van der Waals surface area (Å²) in [5.74, 6) is 0.235. The van der Waals surface area contributed by atoms with Gasteiger partial charge in [-0.15, -0.1) is 0 Å². The Bertz CT molecular complexity index is 845. The Morgan fingerprint density at radius 2 is 1.79 bits per heavy atom. The summed E-state index contributed by atoms with van der Waals surface area (Å²) in [6.45, 7) is 4.89.